The molecule has 2 aromatic carbocycles. The number of ether oxygens (including phenoxy) is 1. The Morgan fingerprint density at radius 3 is 2.41 bits per heavy atom. The Kier molecular flexibility index (Phi) is 6.35. The maximum absolute atomic E-state index is 13.0. The van der Waals surface area contributed by atoms with Crippen LogP contribution in [0.3, 0.4) is 0 Å². The van der Waals surface area contributed by atoms with Gasteiger partial charge < -0.3 is 15.0 Å². The van der Waals surface area contributed by atoms with Crippen LogP contribution in [0.4, 0.5) is 5.69 Å². The van der Waals surface area contributed by atoms with Gasteiger partial charge in [0.05, 0.1) is 18.7 Å². The van der Waals surface area contributed by atoms with Gasteiger partial charge in [0.15, 0.2) is 0 Å². The number of hydrogen-bond donors (Lipinski definition) is 1. The monoisotopic (exact) mass is 393 g/mol. The summed E-state index contributed by atoms with van der Waals surface area (Å²) in [6, 6.07) is 18.4. The largest absolute Gasteiger partial charge is 0.495 e. The third-order valence-electron chi connectivity index (χ3n) is 6.02. The van der Waals surface area contributed by atoms with Crippen molar-refractivity contribution in [1.82, 2.24) is 10.2 Å². The number of rotatable bonds is 8. The Morgan fingerprint density at radius 2 is 1.72 bits per heavy atom. The van der Waals surface area contributed by atoms with Crippen molar-refractivity contribution >= 4 is 11.6 Å². The number of piperazine rings is 1. The lowest BCUT2D eigenvalue weighted by atomic mass is 9.97. The van der Waals surface area contributed by atoms with Crippen molar-refractivity contribution in [2.24, 2.45) is 5.92 Å². The van der Waals surface area contributed by atoms with Gasteiger partial charge in [-0.1, -0.05) is 42.5 Å². The number of carbonyl (C=O) groups is 1. The molecule has 0 aromatic heterocycles. The molecular formula is C24H31N3O2. The SMILES string of the molecule is COc1ccccc1N1CCN(CC(C(=O)NCC2CC2)c2ccccc2)CC1. The third kappa shape index (κ3) is 5.10. The van der Waals surface area contributed by atoms with Gasteiger partial charge in [0, 0.05) is 39.3 Å². The van der Waals surface area contributed by atoms with Crippen LogP contribution >= 0.6 is 0 Å². The number of para-hydroxylation sites is 2. The number of methoxy groups -OCH3 is 1. The zero-order chi connectivity index (χ0) is 20.1. The molecule has 1 aliphatic carbocycles. The van der Waals surface area contributed by atoms with Crippen LogP contribution in [0.5, 0.6) is 5.75 Å². The molecule has 2 fully saturated rings. The number of nitrogens with zero attached hydrogens (tertiary/aromatic N) is 2. The van der Waals surface area contributed by atoms with Crippen molar-refractivity contribution in [2.45, 2.75) is 18.8 Å². The van der Waals surface area contributed by atoms with Crippen LogP contribution in [0.25, 0.3) is 0 Å². The molecule has 1 atom stereocenters. The highest BCUT2D eigenvalue weighted by Gasteiger charge is 2.28. The van der Waals surface area contributed by atoms with E-state index in [-0.39, 0.29) is 11.8 Å². The van der Waals surface area contributed by atoms with Crippen LogP contribution in [0, 0.1) is 5.92 Å². The van der Waals surface area contributed by atoms with E-state index in [1.807, 2.05) is 30.3 Å². The standard InChI is InChI=1S/C24H31N3O2/c1-29-23-10-6-5-9-22(23)27-15-13-26(14-16-27)18-21(20-7-3-2-4-8-20)24(28)25-17-19-11-12-19/h2-10,19,21H,11-18H2,1H3,(H,25,28). The number of anilines is 1. The van der Waals surface area contributed by atoms with E-state index in [1.54, 1.807) is 7.11 Å². The smallest absolute Gasteiger partial charge is 0.228 e. The summed E-state index contributed by atoms with van der Waals surface area (Å²) in [5.41, 5.74) is 2.25. The summed E-state index contributed by atoms with van der Waals surface area (Å²) in [6.07, 6.45) is 2.50. The number of nitrogens with one attached hydrogen (secondary N) is 1. The molecule has 5 heteroatoms. The molecule has 1 N–H and O–H groups in total. The highest BCUT2D eigenvalue weighted by molar-refractivity contribution is 5.84. The lowest BCUT2D eigenvalue weighted by Crippen LogP contribution is -2.49. The first-order chi connectivity index (χ1) is 14.2. The summed E-state index contributed by atoms with van der Waals surface area (Å²) in [5.74, 6) is 1.66. The summed E-state index contributed by atoms with van der Waals surface area (Å²) in [5, 5.41) is 3.19. The first-order valence-corrected chi connectivity index (χ1v) is 10.7. The number of carbonyl (C=O) groups excluding carboxylic acids is 1. The average molecular weight is 394 g/mol. The fourth-order valence-electron chi connectivity index (χ4n) is 4.04. The van der Waals surface area contributed by atoms with Crippen molar-refractivity contribution in [2.75, 3.05) is 51.3 Å². The predicted octanol–water partition coefficient (Wildman–Crippen LogP) is 3.13. The molecule has 2 aromatic rings. The van der Waals surface area contributed by atoms with Gasteiger partial charge >= 0.3 is 0 Å². The normalized spacial score (nSPS) is 18.3. The van der Waals surface area contributed by atoms with Gasteiger partial charge in [-0.3, -0.25) is 9.69 Å². The van der Waals surface area contributed by atoms with E-state index in [0.29, 0.717) is 5.92 Å². The van der Waals surface area contributed by atoms with Crippen LogP contribution < -0.4 is 15.0 Å². The van der Waals surface area contributed by atoms with Crippen LogP contribution in [0.2, 0.25) is 0 Å². The van der Waals surface area contributed by atoms with Crippen molar-refractivity contribution in [3.63, 3.8) is 0 Å². The molecule has 1 unspecified atom stereocenters. The minimum absolute atomic E-state index is 0.118. The summed E-state index contributed by atoms with van der Waals surface area (Å²) in [7, 11) is 1.72. The number of hydrogen-bond acceptors (Lipinski definition) is 4. The van der Waals surface area contributed by atoms with Crippen molar-refractivity contribution < 1.29 is 9.53 Å². The zero-order valence-corrected chi connectivity index (χ0v) is 17.2. The van der Waals surface area contributed by atoms with Crippen molar-refractivity contribution in [3.05, 3.63) is 60.2 Å². The lowest BCUT2D eigenvalue weighted by molar-refractivity contribution is -0.123. The summed E-state index contributed by atoms with van der Waals surface area (Å²) in [4.78, 5) is 17.7. The summed E-state index contributed by atoms with van der Waals surface area (Å²) in [6.45, 7) is 5.34. The second-order valence-electron chi connectivity index (χ2n) is 8.11. The molecule has 5 nitrogen and oxygen atoms in total. The van der Waals surface area contributed by atoms with Gasteiger partial charge in [0.25, 0.3) is 0 Å². The van der Waals surface area contributed by atoms with Gasteiger partial charge in [-0.2, -0.15) is 0 Å². The lowest BCUT2D eigenvalue weighted by Gasteiger charge is -2.38. The van der Waals surface area contributed by atoms with E-state index in [9.17, 15) is 4.79 Å². The number of amides is 1. The number of benzene rings is 2. The molecule has 154 valence electrons. The van der Waals surface area contributed by atoms with Crippen LogP contribution in [0.15, 0.2) is 54.6 Å². The maximum Gasteiger partial charge on any atom is 0.228 e. The zero-order valence-electron chi connectivity index (χ0n) is 17.2. The molecule has 1 amide bonds. The quantitative estimate of drug-likeness (QED) is 0.748. The molecule has 1 saturated carbocycles. The Balaban J connectivity index is 1.38. The van der Waals surface area contributed by atoms with Crippen LogP contribution in [0.1, 0.15) is 24.3 Å². The predicted molar refractivity (Wildman–Crippen MR) is 117 cm³/mol. The second kappa shape index (κ2) is 9.31. The Bertz CT molecular complexity index is 799. The first-order valence-electron chi connectivity index (χ1n) is 10.7. The fraction of sp³-hybridized carbons (Fsp3) is 0.458. The Labute approximate surface area is 173 Å². The van der Waals surface area contributed by atoms with E-state index in [4.69, 9.17) is 4.74 Å². The molecule has 1 heterocycles. The highest BCUT2D eigenvalue weighted by Crippen LogP contribution is 2.29. The highest BCUT2D eigenvalue weighted by atomic mass is 16.5. The molecule has 2 aliphatic rings. The minimum atomic E-state index is -0.118. The molecule has 0 spiro atoms. The minimum Gasteiger partial charge on any atom is -0.495 e. The first kappa shape index (κ1) is 19.8. The van der Waals surface area contributed by atoms with E-state index in [1.165, 1.54) is 12.8 Å². The van der Waals surface area contributed by atoms with E-state index in [2.05, 4.69) is 39.4 Å². The van der Waals surface area contributed by atoms with Gasteiger partial charge in [-0.15, -0.1) is 0 Å². The van der Waals surface area contributed by atoms with Gasteiger partial charge in [0.1, 0.15) is 5.75 Å². The molecule has 1 saturated heterocycles. The summed E-state index contributed by atoms with van der Waals surface area (Å²) >= 11 is 0. The van der Waals surface area contributed by atoms with E-state index < -0.39 is 0 Å². The third-order valence-corrected chi connectivity index (χ3v) is 6.02. The maximum atomic E-state index is 13.0. The van der Waals surface area contributed by atoms with Crippen molar-refractivity contribution in [1.29, 1.82) is 0 Å². The van der Waals surface area contributed by atoms with E-state index in [0.717, 1.165) is 56.3 Å². The topological polar surface area (TPSA) is 44.8 Å². The van der Waals surface area contributed by atoms with Crippen molar-refractivity contribution in [3.8, 4) is 5.75 Å². The average Bonchev–Trinajstić information content (AvgIpc) is 3.61. The molecule has 0 radical (unpaired) electrons. The second-order valence-corrected chi connectivity index (χ2v) is 8.11. The van der Waals surface area contributed by atoms with Gasteiger partial charge in [-0.25, -0.2) is 0 Å². The fourth-order valence-corrected chi connectivity index (χ4v) is 4.04. The van der Waals surface area contributed by atoms with E-state index >= 15 is 0 Å². The molecule has 4 rings (SSSR count). The Morgan fingerprint density at radius 1 is 1.03 bits per heavy atom. The Hall–Kier alpha value is -2.53. The molecule has 1 aliphatic heterocycles. The molecule has 0 bridgehead atoms. The van der Waals surface area contributed by atoms with Gasteiger partial charge in [-0.05, 0) is 36.5 Å². The van der Waals surface area contributed by atoms with Crippen LogP contribution in [-0.2, 0) is 4.79 Å². The molecule has 29 heavy (non-hydrogen) atoms. The summed E-state index contributed by atoms with van der Waals surface area (Å²) < 4.78 is 5.52. The molecular weight excluding hydrogens is 362 g/mol. The van der Waals surface area contributed by atoms with Gasteiger partial charge in [0.2, 0.25) is 5.91 Å². The van der Waals surface area contributed by atoms with Crippen LogP contribution in [-0.4, -0.2) is 57.2 Å².